The van der Waals surface area contributed by atoms with Crippen LogP contribution in [0.25, 0.3) is 0 Å². The van der Waals surface area contributed by atoms with E-state index in [1.807, 2.05) is 0 Å². The maximum absolute atomic E-state index is 5.42. The van der Waals surface area contributed by atoms with Crippen LogP contribution in [-0.2, 0) is 4.74 Å². The number of hydrogen-bond acceptors (Lipinski definition) is 3. The van der Waals surface area contributed by atoms with E-state index >= 15 is 0 Å². The first kappa shape index (κ1) is 13.1. The molecule has 0 aromatic heterocycles. The smallest absolute Gasteiger partial charge is 0.0495 e. The summed E-state index contributed by atoms with van der Waals surface area (Å²) >= 11 is 0. The molecule has 0 radical (unpaired) electrons. The quantitative estimate of drug-likeness (QED) is 0.677. The van der Waals surface area contributed by atoms with Crippen LogP contribution in [0.3, 0.4) is 0 Å². The molecule has 2 rings (SSSR count). The van der Waals surface area contributed by atoms with E-state index in [0.29, 0.717) is 0 Å². The van der Waals surface area contributed by atoms with Crippen LogP contribution < -0.4 is 0 Å². The zero-order valence-electron chi connectivity index (χ0n) is 11.2. The molecule has 2 fully saturated rings. The highest BCUT2D eigenvalue weighted by molar-refractivity contribution is 4.93. The van der Waals surface area contributed by atoms with E-state index in [4.69, 9.17) is 4.74 Å². The van der Waals surface area contributed by atoms with Crippen molar-refractivity contribution in [3.8, 4) is 0 Å². The molecule has 0 bridgehead atoms. The Bertz CT molecular complexity index is 241. The second-order valence-electron chi connectivity index (χ2n) is 5.59. The van der Waals surface area contributed by atoms with Gasteiger partial charge < -0.3 is 9.64 Å². The summed E-state index contributed by atoms with van der Waals surface area (Å²) in [5.74, 6) is 0.823. The molecule has 0 aliphatic carbocycles. The highest BCUT2D eigenvalue weighted by Crippen LogP contribution is 2.17. The van der Waals surface area contributed by atoms with Crippen molar-refractivity contribution in [3.63, 3.8) is 0 Å². The second-order valence-corrected chi connectivity index (χ2v) is 5.59. The van der Waals surface area contributed by atoms with Crippen molar-refractivity contribution in [2.45, 2.75) is 19.8 Å². The molecule has 0 aromatic rings. The molecule has 0 saturated carbocycles. The highest BCUT2D eigenvalue weighted by atomic mass is 16.5. The lowest BCUT2D eigenvalue weighted by Gasteiger charge is -2.35. The summed E-state index contributed by atoms with van der Waals surface area (Å²) in [5.41, 5.74) is 1.28. The molecule has 0 amide bonds. The maximum Gasteiger partial charge on any atom is 0.0495 e. The summed E-state index contributed by atoms with van der Waals surface area (Å²) in [7, 11) is 0. The average Bonchev–Trinajstić information content (AvgIpc) is 2.80. The molecule has 0 aromatic carbocycles. The van der Waals surface area contributed by atoms with Crippen LogP contribution in [0.2, 0.25) is 0 Å². The molecular formula is C14H26N2O. The molecule has 2 saturated heterocycles. The van der Waals surface area contributed by atoms with E-state index in [9.17, 15) is 0 Å². The summed E-state index contributed by atoms with van der Waals surface area (Å²) in [6, 6.07) is 0. The molecule has 3 nitrogen and oxygen atoms in total. The number of hydrogen-bond donors (Lipinski definition) is 0. The third kappa shape index (κ3) is 4.41. The van der Waals surface area contributed by atoms with Gasteiger partial charge in [0.2, 0.25) is 0 Å². The minimum absolute atomic E-state index is 0.823. The molecule has 0 N–H and O–H groups in total. The van der Waals surface area contributed by atoms with Gasteiger partial charge in [-0.2, -0.15) is 0 Å². The van der Waals surface area contributed by atoms with Crippen LogP contribution in [0, 0.1) is 5.92 Å². The lowest BCUT2D eigenvalue weighted by molar-refractivity contribution is 0.130. The number of nitrogens with zero attached hydrogens (tertiary/aromatic N) is 2. The van der Waals surface area contributed by atoms with Gasteiger partial charge in [0, 0.05) is 45.9 Å². The Morgan fingerprint density at radius 2 is 1.94 bits per heavy atom. The topological polar surface area (TPSA) is 15.7 Å². The summed E-state index contributed by atoms with van der Waals surface area (Å²) in [6.45, 7) is 15.3. The second kappa shape index (κ2) is 6.53. The highest BCUT2D eigenvalue weighted by Gasteiger charge is 2.19. The van der Waals surface area contributed by atoms with E-state index in [1.165, 1.54) is 51.1 Å². The van der Waals surface area contributed by atoms with E-state index in [1.54, 1.807) is 0 Å². The van der Waals surface area contributed by atoms with Gasteiger partial charge in [0.1, 0.15) is 0 Å². The van der Waals surface area contributed by atoms with Crippen molar-refractivity contribution in [1.29, 1.82) is 0 Å². The molecule has 2 aliphatic rings. The third-order valence-corrected chi connectivity index (χ3v) is 3.84. The number of ether oxygens (including phenoxy) is 1. The molecule has 3 heteroatoms. The van der Waals surface area contributed by atoms with E-state index < -0.39 is 0 Å². The molecule has 0 spiro atoms. The first-order valence-corrected chi connectivity index (χ1v) is 6.91. The molecule has 98 valence electrons. The van der Waals surface area contributed by atoms with Gasteiger partial charge >= 0.3 is 0 Å². The minimum Gasteiger partial charge on any atom is -0.381 e. The normalized spacial score (nSPS) is 27.5. The van der Waals surface area contributed by atoms with Crippen LogP contribution in [0.1, 0.15) is 19.8 Å². The van der Waals surface area contributed by atoms with E-state index in [0.717, 1.165) is 25.7 Å². The van der Waals surface area contributed by atoms with Gasteiger partial charge in [0.25, 0.3) is 0 Å². The first-order chi connectivity index (χ1) is 8.24. The van der Waals surface area contributed by atoms with Crippen molar-refractivity contribution in [2.75, 3.05) is 52.5 Å². The van der Waals surface area contributed by atoms with Crippen LogP contribution in [0.15, 0.2) is 12.2 Å². The lowest BCUT2D eigenvalue weighted by atomic mass is 10.0. The predicted octanol–water partition coefficient (Wildman–Crippen LogP) is 1.61. The number of piperazine rings is 1. The van der Waals surface area contributed by atoms with Gasteiger partial charge in [-0.1, -0.05) is 12.2 Å². The molecular weight excluding hydrogens is 212 g/mol. The first-order valence-electron chi connectivity index (χ1n) is 6.91. The Morgan fingerprint density at radius 3 is 2.53 bits per heavy atom. The Balaban J connectivity index is 1.60. The van der Waals surface area contributed by atoms with Crippen LogP contribution in [0.4, 0.5) is 0 Å². The van der Waals surface area contributed by atoms with Gasteiger partial charge in [-0.05, 0) is 32.2 Å². The molecule has 2 aliphatic heterocycles. The Labute approximate surface area is 105 Å². The van der Waals surface area contributed by atoms with E-state index in [2.05, 4.69) is 23.3 Å². The summed E-state index contributed by atoms with van der Waals surface area (Å²) in [4.78, 5) is 5.12. The van der Waals surface area contributed by atoms with Gasteiger partial charge in [-0.25, -0.2) is 0 Å². The van der Waals surface area contributed by atoms with Gasteiger partial charge in [0.15, 0.2) is 0 Å². The standard InChI is InChI=1S/C14H26N2O/c1-13(2)11-16-8-6-15(7-9-16)5-3-14-4-10-17-12-14/h14H,1,3-12H2,2H3. The summed E-state index contributed by atoms with van der Waals surface area (Å²) in [5, 5.41) is 0. The van der Waals surface area contributed by atoms with Crippen molar-refractivity contribution < 1.29 is 4.74 Å². The minimum atomic E-state index is 0.823. The fourth-order valence-corrected chi connectivity index (χ4v) is 2.73. The Kier molecular flexibility index (Phi) is 5.01. The molecule has 17 heavy (non-hydrogen) atoms. The van der Waals surface area contributed by atoms with Crippen LogP contribution in [-0.4, -0.2) is 62.3 Å². The lowest BCUT2D eigenvalue weighted by Crippen LogP contribution is -2.47. The van der Waals surface area contributed by atoms with Crippen LogP contribution >= 0.6 is 0 Å². The van der Waals surface area contributed by atoms with Crippen molar-refractivity contribution >= 4 is 0 Å². The van der Waals surface area contributed by atoms with Gasteiger partial charge in [-0.3, -0.25) is 4.90 Å². The molecule has 1 atom stereocenters. The summed E-state index contributed by atoms with van der Waals surface area (Å²) in [6.07, 6.45) is 2.59. The largest absolute Gasteiger partial charge is 0.381 e. The van der Waals surface area contributed by atoms with Crippen LogP contribution in [0.5, 0.6) is 0 Å². The zero-order valence-corrected chi connectivity index (χ0v) is 11.2. The Morgan fingerprint density at radius 1 is 1.24 bits per heavy atom. The van der Waals surface area contributed by atoms with Gasteiger partial charge in [0.05, 0.1) is 0 Å². The fourth-order valence-electron chi connectivity index (χ4n) is 2.73. The maximum atomic E-state index is 5.42. The third-order valence-electron chi connectivity index (χ3n) is 3.84. The van der Waals surface area contributed by atoms with Crippen molar-refractivity contribution in [2.24, 2.45) is 5.92 Å². The van der Waals surface area contributed by atoms with Crippen molar-refractivity contribution in [3.05, 3.63) is 12.2 Å². The van der Waals surface area contributed by atoms with Crippen molar-refractivity contribution in [1.82, 2.24) is 9.80 Å². The Hall–Kier alpha value is -0.380. The molecule has 2 heterocycles. The SMILES string of the molecule is C=C(C)CN1CCN(CCC2CCOC2)CC1. The number of rotatable bonds is 5. The average molecular weight is 238 g/mol. The van der Waals surface area contributed by atoms with E-state index in [-0.39, 0.29) is 0 Å². The predicted molar refractivity (Wildman–Crippen MR) is 71.2 cm³/mol. The zero-order chi connectivity index (χ0) is 12.1. The monoisotopic (exact) mass is 238 g/mol. The molecule has 1 unspecified atom stereocenters. The fraction of sp³-hybridized carbons (Fsp3) is 0.857. The van der Waals surface area contributed by atoms with Gasteiger partial charge in [-0.15, -0.1) is 0 Å². The summed E-state index contributed by atoms with van der Waals surface area (Å²) < 4.78 is 5.42.